The van der Waals surface area contributed by atoms with Crippen LogP contribution in [0.5, 0.6) is 28.7 Å². The number of nitrogens with zero attached hydrogens (tertiary/aromatic N) is 3. The van der Waals surface area contributed by atoms with Crippen LogP contribution in [0.15, 0.2) is 72.8 Å². The number of halogens is 1. The third kappa shape index (κ3) is 13.9. The number of primary amides is 2. The molecule has 4 fully saturated rings. The van der Waals surface area contributed by atoms with E-state index < -0.39 is 41.1 Å². The summed E-state index contributed by atoms with van der Waals surface area (Å²) >= 11 is 0. The first-order valence-electron chi connectivity index (χ1n) is 27.9. The number of pyridine rings is 2. The number of amides is 5. The van der Waals surface area contributed by atoms with E-state index in [-0.39, 0.29) is 48.9 Å². The number of phenols is 1. The lowest BCUT2D eigenvalue weighted by Gasteiger charge is -2.35. The highest BCUT2D eigenvalue weighted by molar-refractivity contribution is 6.09. The Morgan fingerprint density at radius 2 is 1.15 bits per heavy atom. The number of piperidine rings is 2. The van der Waals surface area contributed by atoms with Crippen LogP contribution in [-0.2, 0) is 43.4 Å². The quantitative estimate of drug-likeness (QED) is 0.0506. The molecule has 2 saturated carbocycles. The zero-order valence-electron chi connectivity index (χ0n) is 46.3. The van der Waals surface area contributed by atoms with Crippen molar-refractivity contribution in [2.24, 2.45) is 35.1 Å². The fraction of sp³-hybridized carbons (Fsp3) is 0.459. The summed E-state index contributed by atoms with van der Waals surface area (Å²) in [6.45, 7) is 9.88. The van der Waals surface area contributed by atoms with Gasteiger partial charge in [-0.2, -0.15) is 0 Å². The van der Waals surface area contributed by atoms with E-state index in [4.69, 9.17) is 45.1 Å². The summed E-state index contributed by atoms with van der Waals surface area (Å²) in [6.07, 6.45) is 7.90. The Labute approximate surface area is 478 Å². The van der Waals surface area contributed by atoms with Gasteiger partial charge in [-0.15, -0.1) is 12.4 Å². The summed E-state index contributed by atoms with van der Waals surface area (Å²) in [4.78, 5) is 73.9. The van der Waals surface area contributed by atoms with Gasteiger partial charge < -0.3 is 61.1 Å². The summed E-state index contributed by atoms with van der Waals surface area (Å²) in [5, 5.41) is 19.8. The number of nitrogens with one attached hydrogen (secondary N) is 3. The molecule has 5 amide bonds. The molecule has 3 aromatic carbocycles. The highest BCUT2D eigenvalue weighted by Crippen LogP contribution is 2.46. The number of fused-ring (bicyclic) bond motifs is 2. The van der Waals surface area contributed by atoms with E-state index in [0.29, 0.717) is 109 Å². The number of likely N-dealkylation sites (tertiary alicyclic amines) is 1. The summed E-state index contributed by atoms with van der Waals surface area (Å²) in [5.41, 5.74) is 17.5. The minimum atomic E-state index is -0.997. The number of hydrogen-bond donors (Lipinski definition) is 6. The van der Waals surface area contributed by atoms with E-state index in [0.717, 1.165) is 85.2 Å². The topological polar surface area (TPSA) is 269 Å². The first kappa shape index (κ1) is 58.0. The van der Waals surface area contributed by atoms with E-state index in [2.05, 4.69) is 16.0 Å². The van der Waals surface area contributed by atoms with Crippen LogP contribution >= 0.6 is 12.4 Å². The highest BCUT2D eigenvalue weighted by atomic mass is 35.5. The lowest BCUT2D eigenvalue weighted by molar-refractivity contribution is -0.132. The van der Waals surface area contributed by atoms with Gasteiger partial charge in [0.2, 0.25) is 23.6 Å². The second-order valence-corrected chi connectivity index (χ2v) is 22.8. The molecule has 0 bridgehead atoms. The van der Waals surface area contributed by atoms with Gasteiger partial charge >= 0.3 is 6.09 Å². The minimum Gasteiger partial charge on any atom is -0.507 e. The highest BCUT2D eigenvalue weighted by Gasteiger charge is 2.38. The molecule has 4 aliphatic heterocycles. The van der Waals surface area contributed by atoms with Crippen LogP contribution in [0.1, 0.15) is 112 Å². The van der Waals surface area contributed by atoms with Crippen LogP contribution in [0.3, 0.4) is 0 Å². The average Bonchev–Trinajstić information content (AvgIpc) is 4.61. The van der Waals surface area contributed by atoms with Crippen molar-refractivity contribution in [3.63, 3.8) is 0 Å². The van der Waals surface area contributed by atoms with E-state index in [9.17, 15) is 29.1 Å². The second-order valence-electron chi connectivity index (χ2n) is 22.8. The van der Waals surface area contributed by atoms with Crippen molar-refractivity contribution in [3.05, 3.63) is 101 Å². The minimum absolute atomic E-state index is 0. The Kier molecular flexibility index (Phi) is 17.9. The molecule has 2 aliphatic carbocycles. The smallest absolute Gasteiger partial charge is 0.410 e. The molecule has 6 aliphatic rings. The van der Waals surface area contributed by atoms with E-state index >= 15 is 0 Å². The number of anilines is 2. The number of benzene rings is 3. The predicted molar refractivity (Wildman–Crippen MR) is 307 cm³/mol. The summed E-state index contributed by atoms with van der Waals surface area (Å²) in [6, 6.07) is 22.6. The van der Waals surface area contributed by atoms with Crippen LogP contribution in [-0.4, -0.2) is 102 Å². The maximum absolute atomic E-state index is 13.0. The molecule has 2 saturated heterocycles. The van der Waals surface area contributed by atoms with Gasteiger partial charge in [0.05, 0.1) is 42.8 Å². The summed E-state index contributed by atoms with van der Waals surface area (Å²) < 4.78 is 29.8. The molecule has 11 rings (SSSR count). The van der Waals surface area contributed by atoms with Crippen molar-refractivity contribution < 1.29 is 52.8 Å². The number of aromatic hydroxyl groups is 1. The number of methoxy groups -OCH3 is 1. The van der Waals surface area contributed by atoms with Crippen molar-refractivity contribution in [1.29, 1.82) is 0 Å². The molecule has 0 radical (unpaired) electrons. The molecule has 8 N–H and O–H groups in total. The third-order valence-electron chi connectivity index (χ3n) is 15.7. The number of phenolic OH excluding ortho intramolecular Hbond substituents is 1. The maximum Gasteiger partial charge on any atom is 0.410 e. The number of nitrogens with two attached hydrogens (primary N) is 2. The lowest BCUT2D eigenvalue weighted by Crippen LogP contribution is -2.42. The van der Waals surface area contributed by atoms with E-state index in [1.807, 2.05) is 81.4 Å². The second kappa shape index (κ2) is 25.0. The van der Waals surface area contributed by atoms with Crippen LogP contribution in [0, 0.1) is 23.7 Å². The van der Waals surface area contributed by atoms with Crippen LogP contribution in [0.4, 0.5) is 16.4 Å². The van der Waals surface area contributed by atoms with Gasteiger partial charge in [0.1, 0.15) is 64.4 Å². The molecule has 2 atom stereocenters. The molecule has 2 unspecified atom stereocenters. The molecule has 2 aromatic heterocycles. The maximum atomic E-state index is 13.0. The van der Waals surface area contributed by atoms with Crippen molar-refractivity contribution >= 4 is 53.8 Å². The largest absolute Gasteiger partial charge is 0.507 e. The number of aromatic nitrogens is 2. The standard InChI is InChI=1S/C37H44N4O7.C24H28N4O4.ClH/c1-37(2,3)48-36(44)41-16-14-24(15-17-41)26-19-29(39-34-27(26)18-28(33(38)42)35(43)40-34)32-30(46-20-22-8-9-22)6-5-7-31(32)47-21-23-10-12-25(45-4)13-11-23;25-22(30)17-10-16-15(14-6-8-26-9-7-14)11-18(27-23(16)28-24(17)31)21-19(29)2-1-3-20(21)32-12-13-4-5-13;/h5-7,10-13,19,22,24,28H,8-9,14-18,20-21H2,1-4H3,(H2,38,42)(H,39,40,43);1-3,11,13-14,17,26,29H,4-10,12H2,(H2,25,30)(H,27,28,31);1H. The van der Waals surface area contributed by atoms with Crippen molar-refractivity contribution in [1.82, 2.24) is 20.2 Å². The lowest BCUT2D eigenvalue weighted by atomic mass is 9.82. The Morgan fingerprint density at radius 3 is 1.64 bits per heavy atom. The fourth-order valence-corrected chi connectivity index (χ4v) is 10.9. The number of ether oxygens (including phenoxy) is 5. The van der Waals surface area contributed by atoms with Gasteiger partial charge in [0.25, 0.3) is 0 Å². The Balaban J connectivity index is 0.000000208. The number of carbonyl (C=O) groups is 5. The number of rotatable bonds is 16. The molecule has 5 aromatic rings. The molecule has 0 spiro atoms. The predicted octanol–water partition coefficient (Wildman–Crippen LogP) is 8.56. The molecule has 20 heteroatoms. The molecular weight excluding hydrogens is 1060 g/mol. The average molecular weight is 1130 g/mol. The Bertz CT molecular complexity index is 3150. The van der Waals surface area contributed by atoms with Gasteiger partial charge in [-0.25, -0.2) is 14.8 Å². The zero-order valence-corrected chi connectivity index (χ0v) is 47.2. The fourth-order valence-electron chi connectivity index (χ4n) is 10.9. The van der Waals surface area contributed by atoms with Crippen LogP contribution in [0.2, 0.25) is 0 Å². The Morgan fingerprint density at radius 1 is 0.667 bits per heavy atom. The van der Waals surface area contributed by atoms with Crippen molar-refractivity contribution in [2.45, 2.75) is 109 Å². The zero-order chi connectivity index (χ0) is 56.2. The number of carbonyl (C=O) groups excluding carboxylic acids is 5. The van der Waals surface area contributed by atoms with Crippen molar-refractivity contribution in [2.75, 3.05) is 57.1 Å². The SMILES string of the molecule is COc1ccc(COc2cccc(OCC3CC3)c2-c2cc(C3CCN(C(=O)OC(C)(C)C)CC3)c3c(n2)NC(=O)C(C(N)=O)C3)cc1.Cl.NC(=O)C1Cc2c(C3CCNCC3)cc(-c3c(O)cccc3OCC3CC3)nc2NC1=O. The van der Waals surface area contributed by atoms with Gasteiger partial charge in [0.15, 0.2) is 0 Å². The normalized spacial score (nSPS) is 19.0. The van der Waals surface area contributed by atoms with Gasteiger partial charge in [-0.3, -0.25) is 19.2 Å². The third-order valence-corrected chi connectivity index (χ3v) is 15.7. The van der Waals surface area contributed by atoms with E-state index in [1.165, 1.54) is 0 Å². The van der Waals surface area contributed by atoms with Crippen LogP contribution in [0.25, 0.3) is 22.5 Å². The van der Waals surface area contributed by atoms with Gasteiger partial charge in [0, 0.05) is 13.1 Å². The summed E-state index contributed by atoms with van der Waals surface area (Å²) in [5.74, 6) is 0.760. The van der Waals surface area contributed by atoms with E-state index in [1.54, 1.807) is 24.1 Å². The number of hydrogen-bond acceptors (Lipinski definition) is 14. The molecule has 19 nitrogen and oxygen atoms in total. The van der Waals surface area contributed by atoms with Gasteiger partial charge in [-0.05, 0) is 198 Å². The Hall–Kier alpha value is -7.64. The first-order chi connectivity index (χ1) is 38.5. The molecular formula is C61H73ClN8O11. The monoisotopic (exact) mass is 1130 g/mol. The van der Waals surface area contributed by atoms with Crippen molar-refractivity contribution in [3.8, 4) is 51.3 Å². The molecule has 430 valence electrons. The first-order valence-corrected chi connectivity index (χ1v) is 27.9. The molecule has 6 heterocycles. The summed E-state index contributed by atoms with van der Waals surface area (Å²) in [7, 11) is 1.63. The van der Waals surface area contributed by atoms with Gasteiger partial charge in [-0.1, -0.05) is 24.3 Å². The van der Waals surface area contributed by atoms with Crippen LogP contribution < -0.4 is 46.4 Å². The molecule has 81 heavy (non-hydrogen) atoms.